The van der Waals surface area contributed by atoms with Gasteiger partial charge in [-0.2, -0.15) is 0 Å². The van der Waals surface area contributed by atoms with E-state index >= 15 is 0 Å². The summed E-state index contributed by atoms with van der Waals surface area (Å²) in [6.07, 6.45) is 6.25. The van der Waals surface area contributed by atoms with Crippen molar-refractivity contribution in [3.63, 3.8) is 0 Å². The molecule has 1 radical (unpaired) electrons. The van der Waals surface area contributed by atoms with Crippen molar-refractivity contribution >= 4 is 35.3 Å². The number of hydrogen-bond donors (Lipinski definition) is 0. The van der Waals surface area contributed by atoms with Gasteiger partial charge in [0, 0.05) is 53.0 Å². The molecule has 0 N–H and O–H groups in total. The van der Waals surface area contributed by atoms with E-state index in [0.29, 0.717) is 50.7 Å². The van der Waals surface area contributed by atoms with Crippen LogP contribution < -0.4 is 5.19 Å². The van der Waals surface area contributed by atoms with Crippen LogP contribution in [0.2, 0.25) is 19.6 Å². The summed E-state index contributed by atoms with van der Waals surface area (Å²) in [5.74, 6) is 0.936. The molecule has 1 atom stereocenters. The molecule has 4 aromatic heterocycles. The zero-order chi connectivity index (χ0) is 44.2. The van der Waals surface area contributed by atoms with Gasteiger partial charge in [-0.25, -0.2) is 4.98 Å². The second-order valence-corrected chi connectivity index (χ2v) is 21.5. The number of fused-ring (bicyclic) bond motifs is 6. The molecule has 3 fully saturated rings. The molecule has 6 heteroatoms. The first-order valence-corrected chi connectivity index (χ1v) is 23.1. The predicted octanol–water partition coefficient (Wildman–Crippen LogP) is 12.5. The Kier molecular flexibility index (Phi) is 9.71. The number of nitrogens with zero attached hydrogens (tertiary/aromatic N) is 3. The van der Waals surface area contributed by atoms with E-state index in [1.54, 1.807) is 18.3 Å². The number of hydrogen-bond acceptors (Lipinski definition) is 4. The van der Waals surface area contributed by atoms with Crippen LogP contribution in [0.4, 0.5) is 0 Å². The summed E-state index contributed by atoms with van der Waals surface area (Å²) in [6, 6.07) is 34.5. The molecule has 3 aliphatic carbocycles. The molecule has 1 unspecified atom stereocenters. The van der Waals surface area contributed by atoms with Crippen molar-refractivity contribution in [1.29, 1.82) is 0 Å². The van der Waals surface area contributed by atoms with Crippen LogP contribution in [0.1, 0.15) is 72.2 Å². The van der Waals surface area contributed by atoms with E-state index in [-0.39, 0.29) is 37.5 Å². The third-order valence-electron chi connectivity index (χ3n) is 11.0. The first-order chi connectivity index (χ1) is 29.3. The molecular weight excluding hydrogens is 879 g/mol. The van der Waals surface area contributed by atoms with E-state index in [1.807, 2.05) is 92.8 Å². The van der Waals surface area contributed by atoms with Crippen LogP contribution >= 0.6 is 0 Å². The largest absolute Gasteiger partial charge is 0.486 e. The van der Waals surface area contributed by atoms with Gasteiger partial charge in [0.1, 0.15) is 0 Å². The van der Waals surface area contributed by atoms with Gasteiger partial charge in [-0.3, -0.25) is 0 Å². The molecule has 289 valence electrons. The van der Waals surface area contributed by atoms with E-state index < -0.39 is 27.7 Å². The number of furan rings is 1. The third kappa shape index (κ3) is 8.68. The average molecular weight is 939 g/mol. The van der Waals surface area contributed by atoms with Gasteiger partial charge in [0.05, 0.1) is 19.4 Å². The third-order valence-corrected chi connectivity index (χ3v) is 13.1. The molecule has 3 saturated carbocycles. The van der Waals surface area contributed by atoms with E-state index in [0.717, 1.165) is 52.5 Å². The van der Waals surface area contributed by atoms with Crippen LogP contribution in [0.25, 0.3) is 55.8 Å². The van der Waals surface area contributed by atoms with Gasteiger partial charge >= 0.3 is 0 Å². The molecule has 0 aliphatic heterocycles. The molecular formula is C50H53IrN3OSi-2. The van der Waals surface area contributed by atoms with Gasteiger partial charge in [-0.15, -0.1) is 53.6 Å². The van der Waals surface area contributed by atoms with Gasteiger partial charge in [0.15, 0.2) is 0 Å². The first kappa shape index (κ1) is 31.8. The van der Waals surface area contributed by atoms with E-state index in [2.05, 4.69) is 41.7 Å². The van der Waals surface area contributed by atoms with Crippen molar-refractivity contribution in [3.05, 3.63) is 132 Å². The van der Waals surface area contributed by atoms with Crippen LogP contribution in [0.3, 0.4) is 0 Å². The standard InChI is InChI=1S/C32H29N2O.C18H24NSi.Ir/c1-20-7-12-26(29-19-22(15-16-33-29)18-25-17-21-8-10-23(25)11-9-21)31-30(20)27-13-14-28(34-32(27)35-31)24-5-3-2-4-6-24;1-14(2)11-16-12-17(15-9-7-6-8-10-15)19-13-18(16)20(3,4)5;/h2-7,13-16,19,21,23,25H,8-11,17-18H2,1H3;6-9,12-14H,11H2,1-5H3;/q2*-1;/i1D3,18D2;11D2;. The number of benzene rings is 3. The molecule has 4 heterocycles. The molecule has 0 saturated heterocycles. The summed E-state index contributed by atoms with van der Waals surface area (Å²) >= 11 is 0. The Labute approximate surface area is 357 Å². The van der Waals surface area contributed by atoms with Gasteiger partial charge in [-0.05, 0) is 90.5 Å². The molecule has 3 aliphatic rings. The Morgan fingerprint density at radius 1 is 0.893 bits per heavy atom. The van der Waals surface area contributed by atoms with E-state index in [9.17, 15) is 0 Å². The van der Waals surface area contributed by atoms with Gasteiger partial charge < -0.3 is 14.4 Å². The van der Waals surface area contributed by atoms with Crippen LogP contribution in [-0.4, -0.2) is 23.0 Å². The second-order valence-electron chi connectivity index (χ2n) is 16.4. The zero-order valence-electron chi connectivity index (χ0n) is 39.7. The summed E-state index contributed by atoms with van der Waals surface area (Å²) in [5.41, 5.74) is 6.59. The molecule has 10 rings (SSSR count). The zero-order valence-corrected chi connectivity index (χ0v) is 36.1. The van der Waals surface area contributed by atoms with Crippen LogP contribution in [0.5, 0.6) is 0 Å². The molecule has 0 amide bonds. The van der Waals surface area contributed by atoms with Crippen molar-refractivity contribution in [2.24, 2.45) is 23.7 Å². The monoisotopic (exact) mass is 939 g/mol. The van der Waals surface area contributed by atoms with Gasteiger partial charge in [0.25, 0.3) is 0 Å². The minimum atomic E-state index is -2.38. The summed E-state index contributed by atoms with van der Waals surface area (Å²) < 4.78 is 66.3. The Hall–Kier alpha value is -4.22. The molecule has 3 aromatic carbocycles. The fraction of sp³-hybridized carbons (Fsp3) is 0.340. The second kappa shape index (κ2) is 17.1. The van der Waals surface area contributed by atoms with Crippen LogP contribution in [-0.2, 0) is 32.9 Å². The molecule has 4 nitrogen and oxygen atoms in total. The SMILES string of the molecule is [2H]C([2H])([2H])c1c[c-]c(-c2cc(C([2H])([2H])C3CC4CCC3CC4)ccn2)c2oc3nc(-c4ccccc4)ccc3c12.[2H]C([2H])(c1cc(-c2[c-]cccc2)ncc1[Si](C)(C)C)C(C)C.[Ir]. The van der Waals surface area contributed by atoms with Crippen molar-refractivity contribution in [2.75, 3.05) is 0 Å². The van der Waals surface area contributed by atoms with E-state index in [4.69, 9.17) is 19.0 Å². The summed E-state index contributed by atoms with van der Waals surface area (Å²) in [6.45, 7) is 8.19. The van der Waals surface area contributed by atoms with Gasteiger partial charge in [-0.1, -0.05) is 118 Å². The molecule has 56 heavy (non-hydrogen) atoms. The fourth-order valence-electron chi connectivity index (χ4n) is 8.27. The van der Waals surface area contributed by atoms with Gasteiger partial charge in [0.2, 0.25) is 5.71 Å². The first-order valence-electron chi connectivity index (χ1n) is 23.1. The quantitative estimate of drug-likeness (QED) is 0.113. The van der Waals surface area contributed by atoms with Crippen molar-refractivity contribution in [2.45, 2.75) is 85.2 Å². The van der Waals surface area contributed by atoms with Crippen molar-refractivity contribution in [3.8, 4) is 33.8 Å². The Morgan fingerprint density at radius 2 is 1.70 bits per heavy atom. The smallest absolute Gasteiger partial charge is 0.216 e. The average Bonchev–Trinajstić information content (AvgIpc) is 3.65. The Balaban J connectivity index is 0.000000221. The molecule has 0 spiro atoms. The van der Waals surface area contributed by atoms with E-state index in [1.165, 1.54) is 18.9 Å². The van der Waals surface area contributed by atoms with Crippen molar-refractivity contribution in [1.82, 2.24) is 15.0 Å². The Morgan fingerprint density at radius 3 is 2.39 bits per heavy atom. The number of pyridine rings is 3. The minimum absolute atomic E-state index is 0. The number of aromatic nitrogens is 3. The fourth-order valence-corrected chi connectivity index (χ4v) is 9.68. The summed E-state index contributed by atoms with van der Waals surface area (Å²) in [4.78, 5) is 13.9. The maximum absolute atomic E-state index is 9.17. The van der Waals surface area contributed by atoms with Crippen molar-refractivity contribution < 1.29 is 34.1 Å². The topological polar surface area (TPSA) is 51.8 Å². The predicted molar refractivity (Wildman–Crippen MR) is 231 cm³/mol. The van der Waals surface area contributed by atoms with Crippen LogP contribution in [0.15, 0.2) is 108 Å². The maximum Gasteiger partial charge on any atom is 0.216 e. The summed E-state index contributed by atoms with van der Waals surface area (Å²) in [7, 11) is -1.67. The Bertz CT molecular complexity index is 2710. The molecule has 7 aromatic rings. The number of aryl methyl sites for hydroxylation is 1. The normalized spacial score (nSPS) is 20.4. The minimum Gasteiger partial charge on any atom is -0.486 e. The molecule has 2 bridgehead atoms. The maximum atomic E-state index is 9.17. The summed E-state index contributed by atoms with van der Waals surface area (Å²) in [5, 5.41) is 2.18. The number of rotatable bonds is 8. The van der Waals surface area contributed by atoms with Crippen LogP contribution in [0, 0.1) is 42.7 Å².